The summed E-state index contributed by atoms with van der Waals surface area (Å²) in [6, 6.07) is 0. The molecule has 0 rings (SSSR count). The van der Waals surface area contributed by atoms with Gasteiger partial charge >= 0.3 is 13.6 Å². The van der Waals surface area contributed by atoms with Gasteiger partial charge in [-0.3, -0.25) is 9.36 Å². The van der Waals surface area contributed by atoms with E-state index in [0.29, 0.717) is 0 Å². The van der Waals surface area contributed by atoms with Crippen LogP contribution in [0.2, 0.25) is 0 Å². The molecule has 0 amide bonds. The van der Waals surface area contributed by atoms with Gasteiger partial charge in [0.15, 0.2) is 0 Å². The van der Waals surface area contributed by atoms with Crippen LogP contribution in [-0.2, 0) is 23.1 Å². The van der Waals surface area contributed by atoms with Gasteiger partial charge in [0.25, 0.3) is 0 Å². The predicted molar refractivity (Wildman–Crippen MR) is 58.1 cm³/mol. The van der Waals surface area contributed by atoms with Crippen molar-refractivity contribution in [3.8, 4) is 0 Å². The molecule has 0 aliphatic heterocycles. The summed E-state index contributed by atoms with van der Waals surface area (Å²) < 4.78 is 26.3. The minimum atomic E-state index is -3.28. The Balaban J connectivity index is 0. The first-order valence-corrected chi connectivity index (χ1v) is 6.34. The number of ether oxygens (including phenoxy) is 1. The summed E-state index contributed by atoms with van der Waals surface area (Å²) in [5.74, 6) is -0.558. The Hall–Kier alpha value is 0.620. The first-order valence-electron chi connectivity index (χ1n) is 4.61. The summed E-state index contributed by atoms with van der Waals surface area (Å²) >= 11 is 0. The van der Waals surface area contributed by atoms with Gasteiger partial charge in [-0.15, -0.1) is 0 Å². The summed E-state index contributed by atoms with van der Waals surface area (Å²) in [7, 11) is -3.28. The molecule has 0 fully saturated rings. The Kier molecular flexibility index (Phi) is 11.8. The van der Waals surface area contributed by atoms with Gasteiger partial charge in [0.2, 0.25) is 0 Å². The quantitative estimate of drug-likeness (QED) is 0.387. The average Bonchev–Trinajstić information content (AvgIpc) is 2.04. The molecule has 5 nitrogen and oxygen atoms in total. The summed E-state index contributed by atoms with van der Waals surface area (Å²) in [6.07, 6.45) is -0.317. The maximum atomic E-state index is 11.8. The van der Waals surface area contributed by atoms with Crippen LogP contribution in [0.4, 0.5) is 0 Å². The van der Waals surface area contributed by atoms with E-state index in [-0.39, 0.29) is 55.5 Å². The maximum absolute atomic E-state index is 11.8. The zero-order valence-electron chi connectivity index (χ0n) is 9.82. The maximum Gasteiger partial charge on any atom is 0.341 e. The van der Waals surface area contributed by atoms with Gasteiger partial charge in [0.1, 0.15) is 6.16 Å². The monoisotopic (exact) mass is 247 g/mol. The van der Waals surface area contributed by atoms with E-state index in [1.807, 2.05) is 0 Å². The second kappa shape index (κ2) is 9.82. The summed E-state index contributed by atoms with van der Waals surface area (Å²) in [4.78, 5) is 11.1. The molecule has 0 saturated carbocycles. The molecule has 0 heterocycles. The van der Waals surface area contributed by atoms with E-state index in [9.17, 15) is 9.36 Å². The van der Waals surface area contributed by atoms with E-state index in [2.05, 4.69) is 4.74 Å². The van der Waals surface area contributed by atoms with Gasteiger partial charge in [0, 0.05) is 29.6 Å². The number of hydrogen-bond donors (Lipinski definition) is 0. The van der Waals surface area contributed by atoms with Crippen molar-refractivity contribution in [2.45, 2.75) is 20.8 Å². The number of carbonyl (C=O) groups is 1. The molecule has 0 N–H and O–H groups in total. The van der Waals surface area contributed by atoms with Crippen LogP contribution in [0, 0.1) is 0 Å². The first-order chi connectivity index (χ1) is 6.58. The smallest absolute Gasteiger partial charge is 0.341 e. The third-order valence-corrected chi connectivity index (χ3v) is 3.23. The van der Waals surface area contributed by atoms with Gasteiger partial charge in [-0.25, -0.2) is 0 Å². The molecule has 0 atom stereocenters. The largest absolute Gasteiger partial charge is 0.466 e. The Bertz CT molecular complexity index is 211. The van der Waals surface area contributed by atoms with Crippen LogP contribution in [-0.4, -0.2) is 61.5 Å². The van der Waals surface area contributed by atoms with Crippen molar-refractivity contribution < 1.29 is 23.1 Å². The van der Waals surface area contributed by atoms with Gasteiger partial charge in [-0.1, -0.05) is 0 Å². The molecular formula is C8H17NaO5P. The van der Waals surface area contributed by atoms with Crippen LogP contribution in [0.1, 0.15) is 20.8 Å². The van der Waals surface area contributed by atoms with Crippen molar-refractivity contribution in [3.05, 3.63) is 0 Å². The van der Waals surface area contributed by atoms with Gasteiger partial charge in [-0.2, -0.15) is 0 Å². The molecule has 0 aromatic rings. The summed E-state index contributed by atoms with van der Waals surface area (Å²) in [5.41, 5.74) is 0. The molecule has 0 saturated heterocycles. The van der Waals surface area contributed by atoms with Crippen LogP contribution < -0.4 is 0 Å². The Labute approximate surface area is 113 Å². The summed E-state index contributed by atoms with van der Waals surface area (Å²) in [5, 5.41) is 0. The molecule has 0 aromatic heterocycles. The average molecular weight is 247 g/mol. The van der Waals surface area contributed by atoms with Crippen molar-refractivity contribution >= 4 is 43.1 Å². The van der Waals surface area contributed by atoms with Crippen LogP contribution in [0.5, 0.6) is 0 Å². The van der Waals surface area contributed by atoms with Crippen molar-refractivity contribution in [2.24, 2.45) is 0 Å². The third kappa shape index (κ3) is 8.43. The zero-order valence-corrected chi connectivity index (χ0v) is 12.7. The number of esters is 1. The standard InChI is InChI=1S/C8H17O5P.Na/c1-4-11-8(9)7-14(10,12-5-2)13-6-3;/h4-7H2,1-3H3;. The number of hydrogen-bond acceptors (Lipinski definition) is 5. The molecular weight excluding hydrogens is 230 g/mol. The van der Waals surface area contributed by atoms with Crippen LogP contribution >= 0.6 is 7.60 Å². The van der Waals surface area contributed by atoms with Crippen LogP contribution in [0.15, 0.2) is 0 Å². The Morgan fingerprint density at radius 2 is 1.53 bits per heavy atom. The van der Waals surface area contributed by atoms with E-state index < -0.39 is 13.6 Å². The van der Waals surface area contributed by atoms with Gasteiger partial charge < -0.3 is 13.8 Å². The topological polar surface area (TPSA) is 61.8 Å². The molecule has 0 unspecified atom stereocenters. The molecule has 0 bridgehead atoms. The van der Waals surface area contributed by atoms with Gasteiger partial charge in [0.05, 0.1) is 19.8 Å². The predicted octanol–water partition coefficient (Wildman–Crippen LogP) is 1.43. The van der Waals surface area contributed by atoms with E-state index >= 15 is 0 Å². The number of rotatable bonds is 7. The minimum Gasteiger partial charge on any atom is -0.466 e. The van der Waals surface area contributed by atoms with E-state index in [1.54, 1.807) is 20.8 Å². The Morgan fingerprint density at radius 1 is 1.07 bits per heavy atom. The van der Waals surface area contributed by atoms with Crippen molar-refractivity contribution in [1.82, 2.24) is 0 Å². The molecule has 1 radical (unpaired) electrons. The van der Waals surface area contributed by atoms with Crippen molar-refractivity contribution in [2.75, 3.05) is 26.0 Å². The normalized spacial score (nSPS) is 10.6. The fraction of sp³-hybridized carbons (Fsp3) is 0.875. The molecule has 0 aliphatic carbocycles. The third-order valence-electron chi connectivity index (χ3n) is 1.28. The molecule has 7 heteroatoms. The van der Waals surface area contributed by atoms with E-state index in [0.717, 1.165) is 0 Å². The second-order valence-corrected chi connectivity index (χ2v) is 4.46. The van der Waals surface area contributed by atoms with Gasteiger partial charge in [-0.05, 0) is 20.8 Å². The summed E-state index contributed by atoms with van der Waals surface area (Å²) in [6.45, 7) is 5.82. The second-order valence-electron chi connectivity index (χ2n) is 2.41. The number of carbonyl (C=O) groups excluding carboxylic acids is 1. The minimum absolute atomic E-state index is 0. The molecule has 85 valence electrons. The molecule has 0 spiro atoms. The molecule has 0 aromatic carbocycles. The van der Waals surface area contributed by atoms with Crippen LogP contribution in [0.3, 0.4) is 0 Å². The zero-order chi connectivity index (χ0) is 11.0. The van der Waals surface area contributed by atoms with E-state index in [1.165, 1.54) is 0 Å². The van der Waals surface area contributed by atoms with E-state index in [4.69, 9.17) is 9.05 Å². The Morgan fingerprint density at radius 3 is 1.87 bits per heavy atom. The van der Waals surface area contributed by atoms with Crippen LogP contribution in [0.25, 0.3) is 0 Å². The SMILES string of the molecule is CCOC(=O)CP(=O)(OCC)OCC.[Na]. The molecule has 15 heavy (non-hydrogen) atoms. The van der Waals surface area contributed by atoms with Crippen molar-refractivity contribution in [1.29, 1.82) is 0 Å². The molecule has 0 aliphatic rings. The fourth-order valence-electron chi connectivity index (χ4n) is 0.887. The van der Waals surface area contributed by atoms with Crippen molar-refractivity contribution in [3.63, 3.8) is 0 Å². The fourth-order valence-corrected chi connectivity index (χ4v) is 2.34. The first kappa shape index (κ1) is 18.0.